The van der Waals surface area contributed by atoms with Crippen molar-refractivity contribution in [1.82, 2.24) is 4.57 Å². The van der Waals surface area contributed by atoms with Crippen LogP contribution in [-0.2, 0) is 16.1 Å². The Morgan fingerprint density at radius 2 is 2.17 bits per heavy atom. The second-order valence-corrected chi connectivity index (χ2v) is 4.87. The number of carboxylic acid groups (broad SMARTS) is 1. The summed E-state index contributed by atoms with van der Waals surface area (Å²) in [6.45, 7) is 6.10. The van der Waals surface area contributed by atoms with Gasteiger partial charge in [-0.1, -0.05) is 0 Å². The van der Waals surface area contributed by atoms with Crippen LogP contribution < -0.4 is 0 Å². The molecule has 0 aliphatic carbocycles. The van der Waals surface area contributed by atoms with Gasteiger partial charge >= 0.3 is 11.9 Å². The molecule has 0 fully saturated rings. The van der Waals surface area contributed by atoms with Gasteiger partial charge in [0.15, 0.2) is 0 Å². The van der Waals surface area contributed by atoms with Crippen LogP contribution >= 0.6 is 0 Å². The number of aromatic carboxylic acids is 1. The Bertz CT molecular complexity index is 501. The van der Waals surface area contributed by atoms with Crippen LogP contribution in [-0.4, -0.2) is 27.7 Å². The second-order valence-electron chi connectivity index (χ2n) is 4.87. The van der Waals surface area contributed by atoms with Gasteiger partial charge < -0.3 is 14.4 Å². The molecule has 1 unspecified atom stereocenters. The zero-order valence-corrected chi connectivity index (χ0v) is 10.8. The number of carbonyl (C=O) groups is 2. The van der Waals surface area contributed by atoms with E-state index in [4.69, 9.17) is 4.74 Å². The van der Waals surface area contributed by atoms with Crippen molar-refractivity contribution in [3.63, 3.8) is 0 Å². The number of fused-ring (bicyclic) bond motifs is 1. The molecule has 0 spiro atoms. The second kappa shape index (κ2) is 4.48. The normalized spacial score (nSPS) is 17.9. The summed E-state index contributed by atoms with van der Waals surface area (Å²) >= 11 is 0. The van der Waals surface area contributed by atoms with Crippen molar-refractivity contribution in [2.45, 2.75) is 45.8 Å². The Kier molecular flexibility index (Phi) is 3.15. The molecule has 0 radical (unpaired) electrons. The first-order valence-corrected chi connectivity index (χ1v) is 6.05. The number of hydrogen-bond donors (Lipinski definition) is 1. The smallest absolute Gasteiger partial charge is 0.337 e. The van der Waals surface area contributed by atoms with Gasteiger partial charge in [-0.05, 0) is 33.3 Å². The Labute approximate surface area is 105 Å². The van der Waals surface area contributed by atoms with Crippen LogP contribution in [0.25, 0.3) is 0 Å². The van der Waals surface area contributed by atoms with Crippen LogP contribution in [0.2, 0.25) is 0 Å². The van der Waals surface area contributed by atoms with E-state index < -0.39 is 11.9 Å². The molecule has 18 heavy (non-hydrogen) atoms. The van der Waals surface area contributed by atoms with Crippen molar-refractivity contribution in [1.29, 1.82) is 0 Å². The maximum atomic E-state index is 12.0. The van der Waals surface area contributed by atoms with Crippen molar-refractivity contribution in [3.8, 4) is 0 Å². The number of nitrogens with zero attached hydrogens (tertiary/aromatic N) is 1. The van der Waals surface area contributed by atoms with E-state index in [1.165, 1.54) is 0 Å². The lowest BCUT2D eigenvalue weighted by Gasteiger charge is -2.13. The fraction of sp³-hybridized carbons (Fsp3) is 0.538. The standard InChI is InChI=1S/C13H17NO4/c1-7(2)18-13(17)9-4-5-14-8(3)6-10(11(9)14)12(15)16/h6-7,9H,4-5H2,1-3H3,(H,15,16). The maximum Gasteiger partial charge on any atom is 0.337 e. The third-order valence-electron chi connectivity index (χ3n) is 3.18. The van der Waals surface area contributed by atoms with Gasteiger partial charge in [0, 0.05) is 17.9 Å². The van der Waals surface area contributed by atoms with Crippen LogP contribution in [0.3, 0.4) is 0 Å². The summed E-state index contributed by atoms with van der Waals surface area (Å²) in [4.78, 5) is 23.2. The third kappa shape index (κ3) is 2.00. The van der Waals surface area contributed by atoms with Crippen LogP contribution in [0.5, 0.6) is 0 Å². The first kappa shape index (κ1) is 12.7. The fourth-order valence-electron chi connectivity index (χ4n) is 2.48. The molecule has 5 nitrogen and oxygen atoms in total. The highest BCUT2D eigenvalue weighted by Crippen LogP contribution is 2.34. The van der Waals surface area contributed by atoms with Gasteiger partial charge in [0.2, 0.25) is 0 Å². The van der Waals surface area contributed by atoms with Crippen LogP contribution in [0.15, 0.2) is 6.07 Å². The molecule has 0 aromatic carbocycles. The topological polar surface area (TPSA) is 68.5 Å². The molecule has 0 bridgehead atoms. The molecule has 2 heterocycles. The predicted octanol–water partition coefficient (Wildman–Crippen LogP) is 1.93. The molecule has 1 aliphatic heterocycles. The van der Waals surface area contributed by atoms with E-state index in [1.54, 1.807) is 19.9 Å². The average molecular weight is 251 g/mol. The molecule has 98 valence electrons. The highest BCUT2D eigenvalue weighted by atomic mass is 16.5. The van der Waals surface area contributed by atoms with E-state index >= 15 is 0 Å². The molecule has 5 heteroatoms. The molecule has 0 amide bonds. The largest absolute Gasteiger partial charge is 0.478 e. The molecule has 1 N–H and O–H groups in total. The lowest BCUT2D eigenvalue weighted by Crippen LogP contribution is -2.19. The van der Waals surface area contributed by atoms with Gasteiger partial charge in [-0.25, -0.2) is 4.79 Å². The number of ether oxygens (including phenoxy) is 1. The van der Waals surface area contributed by atoms with Gasteiger partial charge in [-0.2, -0.15) is 0 Å². The molecule has 1 atom stereocenters. The van der Waals surface area contributed by atoms with E-state index in [0.29, 0.717) is 18.7 Å². The van der Waals surface area contributed by atoms with Crippen LogP contribution in [0.1, 0.15) is 47.9 Å². The molecule has 1 aliphatic rings. The van der Waals surface area contributed by atoms with Gasteiger partial charge in [-0.15, -0.1) is 0 Å². The minimum Gasteiger partial charge on any atom is -0.478 e. The summed E-state index contributed by atoms with van der Waals surface area (Å²) < 4.78 is 7.09. The first-order chi connectivity index (χ1) is 8.41. The molecule has 2 rings (SSSR count). The number of hydrogen-bond acceptors (Lipinski definition) is 3. The van der Waals surface area contributed by atoms with E-state index in [9.17, 15) is 14.7 Å². The lowest BCUT2D eigenvalue weighted by molar-refractivity contribution is -0.149. The highest BCUT2D eigenvalue weighted by molar-refractivity contribution is 5.92. The molecular weight excluding hydrogens is 234 g/mol. The summed E-state index contributed by atoms with van der Waals surface area (Å²) in [7, 11) is 0. The van der Waals surface area contributed by atoms with Crippen molar-refractivity contribution in [2.75, 3.05) is 0 Å². The van der Waals surface area contributed by atoms with E-state index in [-0.39, 0.29) is 17.6 Å². The molecule has 1 aromatic heterocycles. The molecule has 1 aromatic rings. The van der Waals surface area contributed by atoms with Gasteiger partial charge in [0.1, 0.15) is 0 Å². The minimum absolute atomic E-state index is 0.184. The van der Waals surface area contributed by atoms with Gasteiger partial charge in [0.25, 0.3) is 0 Å². The first-order valence-electron chi connectivity index (χ1n) is 6.05. The van der Waals surface area contributed by atoms with Crippen LogP contribution in [0.4, 0.5) is 0 Å². The SMILES string of the molecule is Cc1cc(C(=O)O)c2n1CCC2C(=O)OC(C)C. The third-order valence-corrected chi connectivity index (χ3v) is 3.18. The summed E-state index contributed by atoms with van der Waals surface area (Å²) in [5, 5.41) is 9.18. The van der Waals surface area contributed by atoms with E-state index in [2.05, 4.69) is 0 Å². The number of carbonyl (C=O) groups excluding carboxylic acids is 1. The summed E-state index contributed by atoms with van der Waals surface area (Å²) in [6, 6.07) is 1.62. The summed E-state index contributed by atoms with van der Waals surface area (Å²) in [5.41, 5.74) is 1.68. The van der Waals surface area contributed by atoms with Crippen LogP contribution in [0, 0.1) is 6.92 Å². The zero-order valence-electron chi connectivity index (χ0n) is 10.8. The number of rotatable bonds is 3. The van der Waals surface area contributed by atoms with Gasteiger partial charge in [0.05, 0.1) is 17.6 Å². The number of carboxylic acids is 1. The van der Waals surface area contributed by atoms with E-state index in [0.717, 1.165) is 5.69 Å². The lowest BCUT2D eigenvalue weighted by atomic mass is 10.0. The van der Waals surface area contributed by atoms with E-state index in [1.807, 2.05) is 11.5 Å². The number of aromatic nitrogens is 1. The Morgan fingerprint density at radius 1 is 1.50 bits per heavy atom. The fourth-order valence-corrected chi connectivity index (χ4v) is 2.48. The summed E-state index contributed by atoms with van der Waals surface area (Å²) in [5.74, 6) is -1.77. The van der Waals surface area contributed by atoms with Gasteiger partial charge in [-0.3, -0.25) is 4.79 Å². The monoisotopic (exact) mass is 251 g/mol. The number of aryl methyl sites for hydroxylation is 1. The van der Waals surface area contributed by atoms with Crippen molar-refractivity contribution >= 4 is 11.9 Å². The minimum atomic E-state index is -0.990. The average Bonchev–Trinajstić information content (AvgIpc) is 2.78. The predicted molar refractivity (Wildman–Crippen MR) is 64.7 cm³/mol. The maximum absolute atomic E-state index is 12.0. The van der Waals surface area contributed by atoms with Crippen molar-refractivity contribution in [3.05, 3.63) is 23.0 Å². The Morgan fingerprint density at radius 3 is 2.72 bits per heavy atom. The quantitative estimate of drug-likeness (QED) is 0.833. The highest BCUT2D eigenvalue weighted by Gasteiger charge is 2.36. The summed E-state index contributed by atoms with van der Waals surface area (Å²) in [6.07, 6.45) is 0.430. The Hall–Kier alpha value is -1.78. The Balaban J connectivity index is 2.37. The zero-order chi connectivity index (χ0) is 13.4. The molecular formula is C13H17NO4. The van der Waals surface area contributed by atoms with Crippen molar-refractivity contribution in [2.24, 2.45) is 0 Å². The molecule has 0 saturated carbocycles. The van der Waals surface area contributed by atoms with Crippen molar-refractivity contribution < 1.29 is 19.4 Å². The molecule has 0 saturated heterocycles. The number of esters is 1.